The molecule has 5 heteroatoms. The van der Waals surface area contributed by atoms with Gasteiger partial charge in [0.25, 0.3) is 0 Å². The van der Waals surface area contributed by atoms with Crippen molar-refractivity contribution >= 4 is 6.09 Å². The van der Waals surface area contributed by atoms with Crippen LogP contribution in [0.2, 0.25) is 0 Å². The first-order chi connectivity index (χ1) is 13.3. The zero-order chi connectivity index (χ0) is 20.4. The molecular formula is C23H37NO4. The van der Waals surface area contributed by atoms with E-state index in [2.05, 4.69) is 12.1 Å². The quantitative estimate of drug-likeness (QED) is 0.554. The van der Waals surface area contributed by atoms with Gasteiger partial charge in [-0.1, -0.05) is 30.3 Å². The summed E-state index contributed by atoms with van der Waals surface area (Å²) in [5, 5.41) is 0. The first-order valence-electron chi connectivity index (χ1n) is 10.5. The highest BCUT2D eigenvalue weighted by atomic mass is 16.6. The Labute approximate surface area is 170 Å². The van der Waals surface area contributed by atoms with Gasteiger partial charge in [-0.15, -0.1) is 0 Å². The first kappa shape index (κ1) is 22.7. The fraction of sp³-hybridized carbons (Fsp3) is 0.696. The Morgan fingerprint density at radius 2 is 1.75 bits per heavy atom. The molecule has 0 bridgehead atoms. The lowest BCUT2D eigenvalue weighted by Gasteiger charge is -2.30. The summed E-state index contributed by atoms with van der Waals surface area (Å²) in [7, 11) is 1.82. The molecule has 1 aromatic carbocycles. The molecule has 0 saturated heterocycles. The molecule has 1 saturated carbocycles. The van der Waals surface area contributed by atoms with Crippen LogP contribution in [0.3, 0.4) is 0 Å². The van der Waals surface area contributed by atoms with E-state index in [-0.39, 0.29) is 6.09 Å². The summed E-state index contributed by atoms with van der Waals surface area (Å²) in [6, 6.07) is 10.2. The van der Waals surface area contributed by atoms with Gasteiger partial charge in [-0.05, 0) is 64.4 Å². The van der Waals surface area contributed by atoms with E-state index < -0.39 is 5.60 Å². The van der Waals surface area contributed by atoms with Crippen molar-refractivity contribution < 1.29 is 19.0 Å². The molecule has 0 radical (unpaired) electrons. The molecule has 28 heavy (non-hydrogen) atoms. The second-order valence-corrected chi connectivity index (χ2v) is 8.74. The van der Waals surface area contributed by atoms with Crippen LogP contribution in [0.4, 0.5) is 4.79 Å². The maximum absolute atomic E-state index is 12.0. The first-order valence-corrected chi connectivity index (χ1v) is 10.5. The Kier molecular flexibility index (Phi) is 9.26. The van der Waals surface area contributed by atoms with Crippen molar-refractivity contribution in [3.8, 4) is 0 Å². The molecule has 1 aromatic rings. The monoisotopic (exact) mass is 391 g/mol. The molecule has 1 aliphatic carbocycles. The Hall–Kier alpha value is -1.59. The number of hydrogen-bond acceptors (Lipinski definition) is 4. The molecule has 1 aliphatic rings. The van der Waals surface area contributed by atoms with E-state index in [0.717, 1.165) is 38.6 Å². The second kappa shape index (κ2) is 11.4. The number of rotatable bonds is 9. The SMILES string of the molecule is CN(CCC1CCC(OCCOCc2ccccc2)CC1)C(=O)OC(C)(C)C. The summed E-state index contributed by atoms with van der Waals surface area (Å²) >= 11 is 0. The van der Waals surface area contributed by atoms with Crippen molar-refractivity contribution in [3.63, 3.8) is 0 Å². The van der Waals surface area contributed by atoms with Gasteiger partial charge in [-0.2, -0.15) is 0 Å². The van der Waals surface area contributed by atoms with Gasteiger partial charge in [-0.25, -0.2) is 4.79 Å². The molecule has 158 valence electrons. The summed E-state index contributed by atoms with van der Waals surface area (Å²) in [6.45, 7) is 8.37. The van der Waals surface area contributed by atoms with Crippen LogP contribution in [0.1, 0.15) is 58.4 Å². The van der Waals surface area contributed by atoms with Gasteiger partial charge in [0, 0.05) is 13.6 Å². The van der Waals surface area contributed by atoms with E-state index in [4.69, 9.17) is 14.2 Å². The molecular weight excluding hydrogens is 354 g/mol. The van der Waals surface area contributed by atoms with E-state index in [9.17, 15) is 4.79 Å². The lowest BCUT2D eigenvalue weighted by Crippen LogP contribution is -2.35. The van der Waals surface area contributed by atoms with E-state index in [1.54, 1.807) is 4.90 Å². The minimum absolute atomic E-state index is 0.236. The molecule has 0 aliphatic heterocycles. The summed E-state index contributed by atoms with van der Waals surface area (Å²) in [5.74, 6) is 0.666. The van der Waals surface area contributed by atoms with Crippen LogP contribution < -0.4 is 0 Å². The zero-order valence-electron chi connectivity index (χ0n) is 18.0. The fourth-order valence-corrected chi connectivity index (χ4v) is 3.43. The lowest BCUT2D eigenvalue weighted by atomic mass is 9.85. The molecule has 0 N–H and O–H groups in total. The maximum atomic E-state index is 12.0. The van der Waals surface area contributed by atoms with Gasteiger partial charge >= 0.3 is 6.09 Å². The third-order valence-corrected chi connectivity index (χ3v) is 5.06. The number of nitrogens with zero attached hydrogens (tertiary/aromatic N) is 1. The van der Waals surface area contributed by atoms with Gasteiger partial charge in [-0.3, -0.25) is 0 Å². The van der Waals surface area contributed by atoms with Crippen LogP contribution in [0.5, 0.6) is 0 Å². The van der Waals surface area contributed by atoms with Crippen LogP contribution in [-0.2, 0) is 20.8 Å². The van der Waals surface area contributed by atoms with Gasteiger partial charge in [0.2, 0.25) is 0 Å². The third-order valence-electron chi connectivity index (χ3n) is 5.06. The van der Waals surface area contributed by atoms with Gasteiger partial charge in [0.1, 0.15) is 5.60 Å². The smallest absolute Gasteiger partial charge is 0.410 e. The summed E-state index contributed by atoms with van der Waals surface area (Å²) in [5.41, 5.74) is 0.755. The predicted molar refractivity (Wildman–Crippen MR) is 111 cm³/mol. The summed E-state index contributed by atoms with van der Waals surface area (Å²) in [6.07, 6.45) is 5.66. The Morgan fingerprint density at radius 1 is 1.07 bits per heavy atom. The fourth-order valence-electron chi connectivity index (χ4n) is 3.43. The number of carbonyl (C=O) groups is 1. The molecule has 0 atom stereocenters. The number of benzene rings is 1. The van der Waals surface area contributed by atoms with Gasteiger partial charge in [0.05, 0.1) is 25.9 Å². The van der Waals surface area contributed by atoms with Crippen LogP contribution in [-0.4, -0.2) is 49.5 Å². The van der Waals surface area contributed by atoms with Crippen LogP contribution in [0.15, 0.2) is 30.3 Å². The van der Waals surface area contributed by atoms with Gasteiger partial charge < -0.3 is 19.1 Å². The Balaban J connectivity index is 1.52. The van der Waals surface area contributed by atoms with Crippen molar-refractivity contribution in [1.82, 2.24) is 4.90 Å². The second-order valence-electron chi connectivity index (χ2n) is 8.74. The van der Waals surface area contributed by atoms with E-state index in [1.807, 2.05) is 46.0 Å². The molecule has 0 spiro atoms. The van der Waals surface area contributed by atoms with Crippen LogP contribution in [0.25, 0.3) is 0 Å². The Morgan fingerprint density at radius 3 is 2.39 bits per heavy atom. The average Bonchev–Trinajstić information content (AvgIpc) is 2.66. The van der Waals surface area contributed by atoms with Gasteiger partial charge in [0.15, 0.2) is 0 Å². The maximum Gasteiger partial charge on any atom is 0.410 e. The molecule has 1 amide bonds. The van der Waals surface area contributed by atoms with E-state index >= 15 is 0 Å². The van der Waals surface area contributed by atoms with E-state index in [0.29, 0.717) is 31.8 Å². The van der Waals surface area contributed by atoms with Crippen LogP contribution in [0, 0.1) is 5.92 Å². The average molecular weight is 392 g/mol. The van der Waals surface area contributed by atoms with E-state index in [1.165, 1.54) is 5.56 Å². The van der Waals surface area contributed by atoms with Crippen molar-refractivity contribution in [2.45, 2.75) is 71.2 Å². The van der Waals surface area contributed by atoms with Crippen molar-refractivity contribution in [3.05, 3.63) is 35.9 Å². The van der Waals surface area contributed by atoms with Crippen LogP contribution >= 0.6 is 0 Å². The molecule has 0 aromatic heterocycles. The number of ether oxygens (including phenoxy) is 3. The summed E-state index contributed by atoms with van der Waals surface area (Å²) in [4.78, 5) is 13.7. The molecule has 2 rings (SSSR count). The summed E-state index contributed by atoms with van der Waals surface area (Å²) < 4.78 is 17.1. The highest BCUT2D eigenvalue weighted by Crippen LogP contribution is 2.28. The number of amides is 1. The number of carbonyl (C=O) groups excluding carboxylic acids is 1. The van der Waals surface area contributed by atoms with Crippen molar-refractivity contribution in [2.75, 3.05) is 26.8 Å². The standard InChI is InChI=1S/C23H37NO4/c1-23(2,3)28-22(25)24(4)15-14-19-10-12-21(13-11-19)27-17-16-26-18-20-8-6-5-7-9-20/h5-9,19,21H,10-18H2,1-4H3. The third kappa shape index (κ3) is 9.07. The normalized spacial score (nSPS) is 20.0. The minimum Gasteiger partial charge on any atom is -0.444 e. The molecule has 1 fully saturated rings. The lowest BCUT2D eigenvalue weighted by molar-refractivity contribution is -0.0207. The topological polar surface area (TPSA) is 48.0 Å². The zero-order valence-corrected chi connectivity index (χ0v) is 18.0. The number of hydrogen-bond donors (Lipinski definition) is 0. The van der Waals surface area contributed by atoms with Crippen molar-refractivity contribution in [1.29, 1.82) is 0 Å². The predicted octanol–water partition coefficient (Wildman–Crippen LogP) is 5.04. The highest BCUT2D eigenvalue weighted by molar-refractivity contribution is 5.67. The largest absolute Gasteiger partial charge is 0.444 e. The molecule has 0 heterocycles. The minimum atomic E-state index is -0.439. The van der Waals surface area contributed by atoms with Crippen molar-refractivity contribution in [2.24, 2.45) is 5.92 Å². The molecule has 5 nitrogen and oxygen atoms in total. The highest BCUT2D eigenvalue weighted by Gasteiger charge is 2.24. The molecule has 0 unspecified atom stereocenters. The Bertz CT molecular complexity index is 562.